The number of carbonyl (C=O) groups excluding carboxylic acids is 1. The molecule has 2 atom stereocenters. The quantitative estimate of drug-likeness (QED) is 0.554. The summed E-state index contributed by atoms with van der Waals surface area (Å²) in [6, 6.07) is 11.0. The van der Waals surface area contributed by atoms with Gasteiger partial charge in [-0.1, -0.05) is 18.2 Å². The monoisotopic (exact) mass is 500 g/mol. The number of hydrogen-bond donors (Lipinski definition) is 2. The van der Waals surface area contributed by atoms with E-state index in [-0.39, 0.29) is 28.3 Å². The number of aliphatic imine (C=N–C) groups is 1. The van der Waals surface area contributed by atoms with Crippen LogP contribution < -0.4 is 15.8 Å². The number of methoxy groups -OCH3 is 1. The third-order valence-corrected chi connectivity index (χ3v) is 8.42. The summed E-state index contributed by atoms with van der Waals surface area (Å²) >= 11 is 0. The maximum atomic E-state index is 14.8. The van der Waals surface area contributed by atoms with E-state index >= 15 is 0 Å². The molecule has 0 radical (unpaired) electrons. The van der Waals surface area contributed by atoms with E-state index in [9.17, 15) is 22.0 Å². The van der Waals surface area contributed by atoms with Crippen LogP contribution in [0.1, 0.15) is 34.6 Å². The first kappa shape index (κ1) is 24.3. The van der Waals surface area contributed by atoms with Crippen LogP contribution in [-0.2, 0) is 14.6 Å². The van der Waals surface area contributed by atoms with Crippen LogP contribution in [0, 0.1) is 11.6 Å². The Morgan fingerprint density at radius 2 is 1.89 bits per heavy atom. The van der Waals surface area contributed by atoms with Gasteiger partial charge in [0.25, 0.3) is 5.91 Å². The molecule has 4 rings (SSSR count). The van der Waals surface area contributed by atoms with Gasteiger partial charge in [-0.2, -0.15) is 0 Å². The highest BCUT2D eigenvalue weighted by Crippen LogP contribution is 2.40. The van der Waals surface area contributed by atoms with Gasteiger partial charge in [0, 0.05) is 16.8 Å². The normalized spacial score (nSPS) is 21.1. The summed E-state index contributed by atoms with van der Waals surface area (Å²) < 4.78 is 59.0. The first-order valence-corrected chi connectivity index (χ1v) is 12.1. The average Bonchev–Trinajstić information content (AvgIpc) is 2.83. The minimum absolute atomic E-state index is 0.0763. The number of sulfone groups is 1. The van der Waals surface area contributed by atoms with Crippen molar-refractivity contribution < 1.29 is 26.7 Å². The maximum absolute atomic E-state index is 14.8. The molecular formula is C24H22F2N4O4S. The summed E-state index contributed by atoms with van der Waals surface area (Å²) in [6.07, 6.45) is 1.38. The van der Waals surface area contributed by atoms with Crippen LogP contribution in [0.15, 0.2) is 65.8 Å². The fourth-order valence-corrected chi connectivity index (χ4v) is 5.76. The summed E-state index contributed by atoms with van der Waals surface area (Å²) in [6.45, 7) is 1.28. The molecule has 1 aliphatic rings. The Morgan fingerprint density at radius 3 is 2.51 bits per heavy atom. The summed E-state index contributed by atoms with van der Waals surface area (Å²) in [7, 11) is -2.65. The molecule has 2 heterocycles. The summed E-state index contributed by atoms with van der Waals surface area (Å²) in [5.74, 6) is -2.50. The van der Waals surface area contributed by atoms with Crippen LogP contribution in [0.3, 0.4) is 0 Å². The highest BCUT2D eigenvalue weighted by Gasteiger charge is 2.50. The second kappa shape index (κ2) is 9.06. The maximum Gasteiger partial charge on any atom is 0.274 e. The lowest BCUT2D eigenvalue weighted by molar-refractivity contribution is 0.102. The predicted molar refractivity (Wildman–Crippen MR) is 127 cm³/mol. The van der Waals surface area contributed by atoms with E-state index in [4.69, 9.17) is 10.5 Å². The number of nitrogens with one attached hydrogen (secondary N) is 1. The van der Waals surface area contributed by atoms with Crippen molar-refractivity contribution in [3.63, 3.8) is 0 Å². The number of carbonyl (C=O) groups is 1. The number of benzene rings is 2. The Bertz CT molecular complexity index is 1430. The largest absolute Gasteiger partial charge is 0.495 e. The number of halogens is 2. The van der Waals surface area contributed by atoms with E-state index in [1.807, 2.05) is 0 Å². The van der Waals surface area contributed by atoms with Crippen molar-refractivity contribution in [2.45, 2.75) is 17.7 Å². The number of ether oxygens (including phenoxy) is 1. The number of anilines is 1. The number of amides is 1. The highest BCUT2D eigenvalue weighted by atomic mass is 32.2. The van der Waals surface area contributed by atoms with Gasteiger partial charge >= 0.3 is 0 Å². The average molecular weight is 501 g/mol. The third-order valence-electron chi connectivity index (χ3n) is 5.99. The molecule has 2 aromatic carbocycles. The topological polar surface area (TPSA) is 124 Å². The van der Waals surface area contributed by atoms with Gasteiger partial charge in [-0.3, -0.25) is 9.79 Å². The number of amidine groups is 1. The van der Waals surface area contributed by atoms with Crippen LogP contribution in [0.2, 0.25) is 0 Å². The molecule has 3 N–H and O–H groups in total. The lowest BCUT2D eigenvalue weighted by Crippen LogP contribution is -2.51. The number of hydrogen-bond acceptors (Lipinski definition) is 7. The molecule has 1 aromatic heterocycles. The number of pyridine rings is 1. The molecule has 0 aliphatic carbocycles. The van der Waals surface area contributed by atoms with E-state index in [0.717, 1.165) is 12.1 Å². The van der Waals surface area contributed by atoms with Crippen LogP contribution in [0.25, 0.3) is 0 Å². The van der Waals surface area contributed by atoms with Gasteiger partial charge in [0.05, 0.1) is 25.1 Å². The van der Waals surface area contributed by atoms with Gasteiger partial charge in [0.15, 0.2) is 14.6 Å². The zero-order valence-corrected chi connectivity index (χ0v) is 19.6. The number of aromatic nitrogens is 1. The van der Waals surface area contributed by atoms with Gasteiger partial charge < -0.3 is 15.8 Å². The fourth-order valence-electron chi connectivity index (χ4n) is 3.88. The summed E-state index contributed by atoms with van der Waals surface area (Å²) in [5.41, 5.74) is 6.18. The number of nitrogens with zero attached hydrogens (tertiary/aromatic N) is 2. The first-order valence-electron chi connectivity index (χ1n) is 10.5. The molecule has 1 amide bonds. The molecule has 35 heavy (non-hydrogen) atoms. The van der Waals surface area contributed by atoms with Gasteiger partial charge in [-0.15, -0.1) is 0 Å². The molecule has 3 aromatic rings. The van der Waals surface area contributed by atoms with Crippen molar-refractivity contribution in [1.29, 1.82) is 0 Å². The van der Waals surface area contributed by atoms with Crippen molar-refractivity contribution >= 4 is 27.3 Å². The predicted octanol–water partition coefficient (Wildman–Crippen LogP) is 3.36. The Kier molecular flexibility index (Phi) is 6.28. The molecule has 0 saturated carbocycles. The van der Waals surface area contributed by atoms with Crippen molar-refractivity contribution in [3.05, 3.63) is 89.2 Å². The number of rotatable bonds is 5. The standard InChI is InChI=1S/C24H22F2N4O4S/c1-24(17-5-3-4-6-19(17)26)23(27)30-21(13-35(24,32)33)16-11-14(7-9-18(16)25)29-22(31)20-10-8-15(34-2)12-28-20/h3-12,21H,13H2,1-2H3,(H2,27,30)(H,29,31). The molecule has 1 aliphatic heterocycles. The van der Waals surface area contributed by atoms with E-state index in [1.54, 1.807) is 6.07 Å². The van der Waals surface area contributed by atoms with Gasteiger partial charge in [-0.25, -0.2) is 22.2 Å². The molecule has 182 valence electrons. The van der Waals surface area contributed by atoms with Gasteiger partial charge in [0.1, 0.15) is 28.9 Å². The van der Waals surface area contributed by atoms with E-state index in [1.165, 1.54) is 56.6 Å². The van der Waals surface area contributed by atoms with E-state index < -0.39 is 43.9 Å². The Morgan fingerprint density at radius 1 is 1.14 bits per heavy atom. The molecule has 2 unspecified atom stereocenters. The molecule has 0 bridgehead atoms. The second-order valence-corrected chi connectivity index (χ2v) is 10.5. The molecule has 0 fully saturated rings. The van der Waals surface area contributed by atoms with Gasteiger partial charge in [0.2, 0.25) is 0 Å². The smallest absolute Gasteiger partial charge is 0.274 e. The lowest BCUT2D eigenvalue weighted by atomic mass is 9.97. The Balaban J connectivity index is 1.67. The second-order valence-electron chi connectivity index (χ2n) is 8.10. The summed E-state index contributed by atoms with van der Waals surface area (Å²) in [4.78, 5) is 20.8. The van der Waals surface area contributed by atoms with Crippen molar-refractivity contribution in [1.82, 2.24) is 4.98 Å². The van der Waals surface area contributed by atoms with Gasteiger partial charge in [-0.05, 0) is 43.3 Å². The van der Waals surface area contributed by atoms with Crippen molar-refractivity contribution in [3.8, 4) is 5.75 Å². The fraction of sp³-hybridized carbons (Fsp3) is 0.208. The number of nitrogens with two attached hydrogens (primary N) is 1. The zero-order chi connectivity index (χ0) is 25.4. The Hall–Kier alpha value is -3.86. The molecular weight excluding hydrogens is 478 g/mol. The first-order chi connectivity index (χ1) is 16.6. The van der Waals surface area contributed by atoms with Crippen LogP contribution in [0.5, 0.6) is 5.75 Å². The van der Waals surface area contributed by atoms with Crippen LogP contribution >= 0.6 is 0 Å². The van der Waals surface area contributed by atoms with Crippen LogP contribution in [-0.4, -0.2) is 38.0 Å². The Labute approximate surface area is 200 Å². The van der Waals surface area contributed by atoms with Crippen molar-refractivity contribution in [2.24, 2.45) is 10.7 Å². The SMILES string of the molecule is COc1ccc(C(=O)Nc2ccc(F)c(C3CS(=O)(=O)C(C)(c4ccccc4F)C(N)=N3)c2)nc1. The third kappa shape index (κ3) is 4.34. The summed E-state index contributed by atoms with van der Waals surface area (Å²) in [5, 5.41) is 2.60. The minimum atomic E-state index is -4.12. The molecule has 0 saturated heterocycles. The van der Waals surface area contributed by atoms with Crippen LogP contribution in [0.4, 0.5) is 14.5 Å². The highest BCUT2D eigenvalue weighted by molar-refractivity contribution is 7.93. The van der Waals surface area contributed by atoms with E-state index in [2.05, 4.69) is 15.3 Å². The van der Waals surface area contributed by atoms with E-state index in [0.29, 0.717) is 5.75 Å². The zero-order valence-electron chi connectivity index (χ0n) is 18.8. The molecule has 8 nitrogen and oxygen atoms in total. The minimum Gasteiger partial charge on any atom is -0.495 e. The lowest BCUT2D eigenvalue weighted by Gasteiger charge is -2.35. The molecule has 0 spiro atoms. The molecule has 11 heteroatoms. The van der Waals surface area contributed by atoms with Crippen molar-refractivity contribution in [2.75, 3.05) is 18.2 Å².